The molecule has 0 aliphatic heterocycles. The maximum atomic E-state index is 12.7. The van der Waals surface area contributed by atoms with Crippen LogP contribution in [0.15, 0.2) is 46.9 Å². The largest absolute Gasteiger partial charge is 0.461 e. The third kappa shape index (κ3) is 3.37. The van der Waals surface area contributed by atoms with Gasteiger partial charge in [-0.3, -0.25) is 4.79 Å². The van der Waals surface area contributed by atoms with Crippen LogP contribution in [0.25, 0.3) is 16.6 Å². The Bertz CT molecular complexity index is 989. The van der Waals surface area contributed by atoms with Crippen LogP contribution in [0.1, 0.15) is 29.9 Å². The minimum atomic E-state index is -0.545. The van der Waals surface area contributed by atoms with Crippen molar-refractivity contribution in [2.24, 2.45) is 0 Å². The summed E-state index contributed by atoms with van der Waals surface area (Å²) in [4.78, 5) is 24.4. The van der Waals surface area contributed by atoms with E-state index in [1.807, 2.05) is 49.4 Å². The molecule has 3 aromatic rings. The average molecular weight is 416 g/mol. The van der Waals surface area contributed by atoms with E-state index in [1.165, 1.54) is 6.92 Å². The highest BCUT2D eigenvalue weighted by Crippen LogP contribution is 2.38. The van der Waals surface area contributed by atoms with Gasteiger partial charge in [0, 0.05) is 22.5 Å². The van der Waals surface area contributed by atoms with Gasteiger partial charge in [-0.1, -0.05) is 33.6 Å². The van der Waals surface area contributed by atoms with Crippen molar-refractivity contribution in [3.63, 3.8) is 0 Å². The molecule has 0 saturated carbocycles. The van der Waals surface area contributed by atoms with Crippen LogP contribution in [0.4, 0.5) is 0 Å². The summed E-state index contributed by atoms with van der Waals surface area (Å²) in [6.45, 7) is 5.25. The van der Waals surface area contributed by atoms with Crippen LogP contribution < -0.4 is 4.74 Å². The smallest absolute Gasteiger partial charge is 0.359 e. The van der Waals surface area contributed by atoms with E-state index in [9.17, 15) is 9.59 Å². The topological polar surface area (TPSA) is 57.5 Å². The summed E-state index contributed by atoms with van der Waals surface area (Å²) in [5.41, 5.74) is 2.82. The predicted octanol–water partition coefficient (Wildman–Crippen LogP) is 4.80. The van der Waals surface area contributed by atoms with Crippen LogP contribution in [0, 0.1) is 6.92 Å². The maximum Gasteiger partial charge on any atom is 0.359 e. The van der Waals surface area contributed by atoms with Gasteiger partial charge in [-0.25, -0.2) is 4.79 Å². The van der Waals surface area contributed by atoms with Gasteiger partial charge in [0.15, 0.2) is 11.4 Å². The first-order valence-corrected chi connectivity index (χ1v) is 8.98. The molecule has 0 spiro atoms. The van der Waals surface area contributed by atoms with E-state index >= 15 is 0 Å². The fourth-order valence-electron chi connectivity index (χ4n) is 2.83. The number of fused-ring (bicyclic) bond motifs is 1. The summed E-state index contributed by atoms with van der Waals surface area (Å²) in [6, 6.07) is 13.3. The second-order valence-electron chi connectivity index (χ2n) is 5.82. The van der Waals surface area contributed by atoms with E-state index in [-0.39, 0.29) is 18.1 Å². The first-order chi connectivity index (χ1) is 12.4. The fourth-order valence-corrected chi connectivity index (χ4v) is 3.19. The van der Waals surface area contributed by atoms with Gasteiger partial charge in [-0.2, -0.15) is 0 Å². The van der Waals surface area contributed by atoms with Crippen molar-refractivity contribution in [2.45, 2.75) is 20.8 Å². The first-order valence-electron chi connectivity index (χ1n) is 8.19. The van der Waals surface area contributed by atoms with Crippen molar-refractivity contribution >= 4 is 38.8 Å². The van der Waals surface area contributed by atoms with Gasteiger partial charge in [0.05, 0.1) is 12.1 Å². The normalized spacial score (nSPS) is 10.8. The van der Waals surface area contributed by atoms with Crippen molar-refractivity contribution in [2.75, 3.05) is 6.61 Å². The molecule has 3 rings (SSSR count). The number of esters is 2. The van der Waals surface area contributed by atoms with E-state index in [4.69, 9.17) is 9.47 Å². The number of aromatic nitrogens is 1. The highest BCUT2D eigenvalue weighted by Gasteiger charge is 2.27. The summed E-state index contributed by atoms with van der Waals surface area (Å²) in [7, 11) is 0. The van der Waals surface area contributed by atoms with Gasteiger partial charge in [-0.05, 0) is 44.2 Å². The minimum absolute atomic E-state index is 0.194. The van der Waals surface area contributed by atoms with Crippen molar-refractivity contribution < 1.29 is 19.1 Å². The number of rotatable bonds is 4. The van der Waals surface area contributed by atoms with Crippen LogP contribution in [0.3, 0.4) is 0 Å². The molecule has 26 heavy (non-hydrogen) atoms. The molecule has 0 saturated heterocycles. The lowest BCUT2D eigenvalue weighted by Gasteiger charge is -2.11. The van der Waals surface area contributed by atoms with Crippen LogP contribution in [0.5, 0.6) is 5.75 Å². The molecule has 0 atom stereocenters. The minimum Gasteiger partial charge on any atom is -0.461 e. The quantitative estimate of drug-likeness (QED) is 0.574. The lowest BCUT2D eigenvalue weighted by atomic mass is 10.2. The molecule has 2 aromatic carbocycles. The molecule has 0 N–H and O–H groups in total. The summed E-state index contributed by atoms with van der Waals surface area (Å²) in [6.07, 6.45) is 0. The number of carbonyl (C=O) groups is 2. The summed E-state index contributed by atoms with van der Waals surface area (Å²) >= 11 is 3.43. The van der Waals surface area contributed by atoms with Crippen LogP contribution in [-0.2, 0) is 9.53 Å². The number of halogens is 1. The van der Waals surface area contributed by atoms with Gasteiger partial charge in [0.1, 0.15) is 0 Å². The Morgan fingerprint density at radius 3 is 2.42 bits per heavy atom. The third-order valence-electron chi connectivity index (χ3n) is 3.89. The number of nitrogens with zero attached hydrogens (tertiary/aromatic N) is 1. The summed E-state index contributed by atoms with van der Waals surface area (Å²) < 4.78 is 13.2. The standard InChI is InChI=1S/C20H18BrNO4/c1-4-25-20(24)18-19(26-13(3)23)16-11-14(21)7-10-17(16)22(18)15-8-5-12(2)6-9-15/h5-11H,4H2,1-3H3. The second-order valence-corrected chi connectivity index (χ2v) is 6.74. The highest BCUT2D eigenvalue weighted by atomic mass is 79.9. The Kier molecular flexibility index (Phi) is 5.13. The number of benzene rings is 2. The molecular formula is C20H18BrNO4. The number of carbonyl (C=O) groups excluding carboxylic acids is 2. The maximum absolute atomic E-state index is 12.7. The summed E-state index contributed by atoms with van der Waals surface area (Å²) in [5, 5.41) is 0.651. The lowest BCUT2D eigenvalue weighted by molar-refractivity contribution is -0.131. The zero-order chi connectivity index (χ0) is 18.8. The lowest BCUT2D eigenvalue weighted by Crippen LogP contribution is -2.14. The van der Waals surface area contributed by atoms with Crippen molar-refractivity contribution in [1.82, 2.24) is 4.57 Å². The van der Waals surface area contributed by atoms with Crippen molar-refractivity contribution in [3.05, 3.63) is 58.2 Å². The monoisotopic (exact) mass is 415 g/mol. The molecule has 1 aromatic heterocycles. The average Bonchev–Trinajstić information content (AvgIpc) is 2.89. The molecule has 0 unspecified atom stereocenters. The molecule has 0 bridgehead atoms. The number of ether oxygens (including phenoxy) is 2. The zero-order valence-electron chi connectivity index (χ0n) is 14.7. The van der Waals surface area contributed by atoms with Crippen molar-refractivity contribution in [1.29, 1.82) is 0 Å². The molecule has 134 valence electrons. The Morgan fingerprint density at radius 2 is 1.81 bits per heavy atom. The molecule has 5 nitrogen and oxygen atoms in total. The fraction of sp³-hybridized carbons (Fsp3) is 0.200. The van der Waals surface area contributed by atoms with Gasteiger partial charge in [-0.15, -0.1) is 0 Å². The van der Waals surface area contributed by atoms with Crippen LogP contribution >= 0.6 is 15.9 Å². The first kappa shape index (κ1) is 18.2. The molecule has 0 amide bonds. The predicted molar refractivity (Wildman–Crippen MR) is 103 cm³/mol. The number of aryl methyl sites for hydroxylation is 1. The van der Waals surface area contributed by atoms with Gasteiger partial charge in [0.25, 0.3) is 0 Å². The van der Waals surface area contributed by atoms with Gasteiger partial charge < -0.3 is 14.0 Å². The van der Waals surface area contributed by atoms with E-state index in [0.717, 1.165) is 21.2 Å². The molecule has 6 heteroatoms. The van der Waals surface area contributed by atoms with Gasteiger partial charge >= 0.3 is 11.9 Å². The summed E-state index contributed by atoms with van der Waals surface area (Å²) in [5.74, 6) is -0.844. The number of hydrogen-bond donors (Lipinski definition) is 0. The molecule has 0 fully saturated rings. The Hall–Kier alpha value is -2.60. The SMILES string of the molecule is CCOC(=O)c1c(OC(C)=O)c2cc(Br)ccc2n1-c1ccc(C)cc1. The highest BCUT2D eigenvalue weighted by molar-refractivity contribution is 9.10. The van der Waals surface area contributed by atoms with E-state index in [2.05, 4.69) is 15.9 Å². The van der Waals surface area contributed by atoms with Crippen molar-refractivity contribution in [3.8, 4) is 11.4 Å². The van der Waals surface area contributed by atoms with E-state index in [0.29, 0.717) is 5.39 Å². The third-order valence-corrected chi connectivity index (χ3v) is 4.38. The van der Waals surface area contributed by atoms with Gasteiger partial charge in [0.2, 0.25) is 0 Å². The number of hydrogen-bond acceptors (Lipinski definition) is 4. The molecule has 1 heterocycles. The Labute approximate surface area is 159 Å². The second kappa shape index (κ2) is 7.33. The molecule has 0 aliphatic rings. The molecule has 0 radical (unpaired) electrons. The van der Waals surface area contributed by atoms with Crippen LogP contribution in [-0.4, -0.2) is 23.1 Å². The Morgan fingerprint density at radius 1 is 1.12 bits per heavy atom. The van der Waals surface area contributed by atoms with Crippen LogP contribution in [0.2, 0.25) is 0 Å². The zero-order valence-corrected chi connectivity index (χ0v) is 16.3. The van der Waals surface area contributed by atoms with E-state index in [1.54, 1.807) is 11.5 Å². The molecule has 0 aliphatic carbocycles. The molecular weight excluding hydrogens is 398 g/mol. The Balaban J connectivity index is 2.39. The van der Waals surface area contributed by atoms with E-state index < -0.39 is 11.9 Å².